The zero-order valence-electron chi connectivity index (χ0n) is 5.70. The van der Waals surface area contributed by atoms with Crippen molar-refractivity contribution >= 4 is 50.8 Å². The summed E-state index contributed by atoms with van der Waals surface area (Å²) in [6.45, 7) is 8.00. The van der Waals surface area contributed by atoms with Crippen molar-refractivity contribution in [2.75, 3.05) is 0 Å². The van der Waals surface area contributed by atoms with Crippen LogP contribution in [0.25, 0.3) is 0 Å². The zero-order valence-corrected chi connectivity index (χ0v) is 11.6. The Morgan fingerprint density at radius 3 is 1.56 bits per heavy atom. The van der Waals surface area contributed by atoms with Gasteiger partial charge in [-0.1, -0.05) is 27.2 Å². The van der Waals surface area contributed by atoms with Gasteiger partial charge in [-0.2, -0.15) is 42.2 Å². The lowest BCUT2D eigenvalue weighted by atomic mass is 10.2. The second-order valence-electron chi connectivity index (χ2n) is 1.76. The summed E-state index contributed by atoms with van der Waals surface area (Å²) in [4.78, 5) is 0. The fourth-order valence-electron chi connectivity index (χ4n) is 0. The summed E-state index contributed by atoms with van der Waals surface area (Å²) < 4.78 is 0. The van der Waals surface area contributed by atoms with E-state index in [9.17, 15) is 0 Å². The van der Waals surface area contributed by atoms with Gasteiger partial charge in [0.1, 0.15) is 0 Å². The van der Waals surface area contributed by atoms with E-state index in [1.54, 1.807) is 0 Å². The van der Waals surface area contributed by atoms with E-state index in [0.29, 0.717) is 5.92 Å². The maximum Gasteiger partial charge on any atom is 0.542 e. The average Bonchev–Trinajstić information content (AvgIpc) is 1.65. The Morgan fingerprint density at radius 1 is 1.44 bits per heavy atom. The molecule has 0 fully saturated rings. The highest BCUT2D eigenvalue weighted by Gasteiger charge is 1.95. The number of rotatable bonds is 1. The van der Waals surface area contributed by atoms with Crippen molar-refractivity contribution in [1.82, 2.24) is 0 Å². The van der Waals surface area contributed by atoms with Gasteiger partial charge in [-0.25, -0.2) is 0 Å². The molecule has 0 aromatic heterocycles. The van der Waals surface area contributed by atoms with Gasteiger partial charge in [-0.15, -0.1) is 0 Å². The fourth-order valence-corrected chi connectivity index (χ4v) is 0. The van der Waals surface area contributed by atoms with Crippen LogP contribution in [0.15, 0.2) is 0 Å². The SMILES string of the molecule is [Br][Al]([Br])[Br].[CH2]C(C)CC. The molecule has 0 aliphatic heterocycles. The fraction of sp³-hybridized carbons (Fsp3) is 0.800. The first-order valence-electron chi connectivity index (χ1n) is 2.76. The summed E-state index contributed by atoms with van der Waals surface area (Å²) in [5.41, 5.74) is 0. The molecule has 9 heavy (non-hydrogen) atoms. The molecule has 0 aromatic carbocycles. The molecular weight excluding hydrogens is 327 g/mol. The second-order valence-corrected chi connectivity index (χ2v) is 21.6. The minimum Gasteiger partial charge on any atom is -0.181 e. The van der Waals surface area contributed by atoms with E-state index >= 15 is 0 Å². The van der Waals surface area contributed by atoms with Crippen LogP contribution in [0.2, 0.25) is 0 Å². The summed E-state index contributed by atoms with van der Waals surface area (Å²) in [6.07, 6.45) is 1.19. The molecule has 0 spiro atoms. The first-order chi connectivity index (χ1) is 4.00. The molecule has 0 nitrogen and oxygen atoms in total. The molecule has 4 heteroatoms. The predicted molar refractivity (Wildman–Crippen MR) is 57.3 cm³/mol. The first-order valence-corrected chi connectivity index (χ1v) is 12.3. The molecule has 1 unspecified atom stereocenters. The second kappa shape index (κ2) is 9.97. The lowest BCUT2D eigenvalue weighted by molar-refractivity contribution is 0.694. The third-order valence-electron chi connectivity index (χ3n) is 0.697. The molecule has 0 heterocycles. The van der Waals surface area contributed by atoms with Gasteiger partial charge in [0.15, 0.2) is 0 Å². The third kappa shape index (κ3) is 40.2. The average molecular weight is 338 g/mol. The van der Waals surface area contributed by atoms with E-state index in [-0.39, 0.29) is 0 Å². The van der Waals surface area contributed by atoms with E-state index < -0.39 is 8.67 Å². The van der Waals surface area contributed by atoms with Crippen LogP contribution in [-0.4, -0.2) is 8.67 Å². The lowest BCUT2D eigenvalue weighted by Gasteiger charge is -1.90. The van der Waals surface area contributed by atoms with Crippen molar-refractivity contribution in [3.63, 3.8) is 0 Å². The highest BCUT2D eigenvalue weighted by Crippen LogP contribution is 2.07. The monoisotopic (exact) mass is 335 g/mol. The van der Waals surface area contributed by atoms with Crippen molar-refractivity contribution in [2.24, 2.45) is 5.92 Å². The number of halogens is 3. The van der Waals surface area contributed by atoms with Crippen LogP contribution >= 0.6 is 42.2 Å². The van der Waals surface area contributed by atoms with Gasteiger partial charge < -0.3 is 0 Å². The molecule has 0 rings (SSSR count). The van der Waals surface area contributed by atoms with E-state index in [4.69, 9.17) is 0 Å². The van der Waals surface area contributed by atoms with Gasteiger partial charge in [0.25, 0.3) is 0 Å². The Morgan fingerprint density at radius 2 is 1.56 bits per heavy atom. The molecule has 0 amide bonds. The minimum absolute atomic E-state index is 0.634. The van der Waals surface area contributed by atoms with Crippen LogP contribution in [-0.2, 0) is 0 Å². The summed E-state index contributed by atoms with van der Waals surface area (Å²) in [5, 5.41) is 0. The van der Waals surface area contributed by atoms with Gasteiger partial charge in [0.2, 0.25) is 0 Å². The molecule has 0 N–H and O–H groups in total. The summed E-state index contributed by atoms with van der Waals surface area (Å²) >= 11 is 9.73. The highest BCUT2D eigenvalue weighted by atomic mass is 80.0. The van der Waals surface area contributed by atoms with E-state index in [0.717, 1.165) is 0 Å². The van der Waals surface area contributed by atoms with E-state index in [1.807, 2.05) is 0 Å². The minimum atomic E-state index is -0.701. The van der Waals surface area contributed by atoms with Crippen LogP contribution in [0.5, 0.6) is 0 Å². The van der Waals surface area contributed by atoms with Gasteiger partial charge in [0.05, 0.1) is 0 Å². The smallest absolute Gasteiger partial charge is 0.181 e. The summed E-state index contributed by atoms with van der Waals surface area (Å²) in [7, 11) is -0.701. The van der Waals surface area contributed by atoms with Crippen LogP contribution in [0, 0.1) is 12.8 Å². The van der Waals surface area contributed by atoms with Crippen LogP contribution in [0.4, 0.5) is 0 Å². The normalized spacial score (nSPS) is 8.33. The first kappa shape index (κ1) is 13.6. The van der Waals surface area contributed by atoms with Crippen LogP contribution in [0.1, 0.15) is 20.3 Å². The van der Waals surface area contributed by atoms with Gasteiger partial charge in [-0.05, 0) is 5.92 Å². The van der Waals surface area contributed by atoms with Crippen LogP contribution in [0.3, 0.4) is 0 Å². The standard InChI is InChI=1S/C5H11.Al.3BrH/c1-4-5(2)3;;;;/h5H,2,4H2,1,3H3;;3*1H/q;+3;;;/p-3. The Hall–Kier alpha value is 1.97. The maximum absolute atomic E-state index is 3.76. The third-order valence-corrected chi connectivity index (χ3v) is 0.697. The van der Waals surface area contributed by atoms with Crippen molar-refractivity contribution in [3.05, 3.63) is 6.92 Å². The molecule has 0 bridgehead atoms. The Balaban J connectivity index is 0. The van der Waals surface area contributed by atoms with Crippen molar-refractivity contribution in [1.29, 1.82) is 0 Å². The molecule has 0 saturated carbocycles. The van der Waals surface area contributed by atoms with E-state index in [2.05, 4.69) is 62.9 Å². The summed E-state index contributed by atoms with van der Waals surface area (Å²) in [6, 6.07) is 0. The molecule has 0 saturated heterocycles. The van der Waals surface area contributed by atoms with E-state index in [1.165, 1.54) is 6.42 Å². The molecule has 1 radical (unpaired) electrons. The summed E-state index contributed by atoms with van der Waals surface area (Å²) in [5.74, 6) is 0.634. The Bertz CT molecular complexity index is 44.7. The topological polar surface area (TPSA) is 0 Å². The van der Waals surface area contributed by atoms with Crippen molar-refractivity contribution in [3.8, 4) is 0 Å². The van der Waals surface area contributed by atoms with Crippen molar-refractivity contribution in [2.45, 2.75) is 20.3 Å². The Labute approximate surface area is 83.1 Å². The molecular formula is C5H11AlBr3. The van der Waals surface area contributed by atoms with Gasteiger partial charge in [0, 0.05) is 0 Å². The predicted octanol–water partition coefficient (Wildman–Crippen LogP) is 4.02. The molecule has 0 aromatic rings. The molecule has 0 aliphatic rings. The van der Waals surface area contributed by atoms with Gasteiger partial charge in [-0.3, -0.25) is 0 Å². The quantitative estimate of drug-likeness (QED) is 0.634. The van der Waals surface area contributed by atoms with Crippen molar-refractivity contribution < 1.29 is 0 Å². The largest absolute Gasteiger partial charge is 0.542 e. The molecule has 55 valence electrons. The number of hydrogen-bond acceptors (Lipinski definition) is 0. The highest BCUT2D eigenvalue weighted by molar-refractivity contribution is 9.69. The Kier molecular flexibility index (Phi) is 15.0. The number of hydrogen-bond donors (Lipinski definition) is 0. The van der Waals surface area contributed by atoms with Crippen LogP contribution < -0.4 is 0 Å². The lowest BCUT2D eigenvalue weighted by Crippen LogP contribution is -1.77. The molecule has 1 atom stereocenters. The zero-order chi connectivity index (χ0) is 7.86. The molecule has 0 aliphatic carbocycles. The van der Waals surface area contributed by atoms with Gasteiger partial charge >= 0.3 is 8.67 Å². The maximum atomic E-state index is 3.76.